The van der Waals surface area contributed by atoms with Gasteiger partial charge in [0, 0.05) is 107 Å². The molecule has 0 saturated carbocycles. The fraction of sp³-hybridized carbons (Fsp3) is 0.374. The molecule has 5 aromatic carbocycles. The molecule has 30 nitrogen and oxygen atoms in total. The molecule has 0 bridgehead atoms. The molecule has 6 aromatic heterocycles. The predicted octanol–water partition coefficient (Wildman–Crippen LogP) is 21.0. The number of H-pyrrole nitrogens is 5. The Hall–Kier alpha value is -13.2. The number of benzene rings is 5. The third kappa shape index (κ3) is 20.3. The molecule has 0 fully saturated rings. The largest absolute Gasteiger partial charge is 0.486 e. The highest BCUT2D eigenvalue weighted by Gasteiger charge is 2.45. The van der Waals surface area contributed by atoms with Gasteiger partial charge < -0.3 is 73.8 Å². The number of aromatic amines is 5. The zero-order valence-electron chi connectivity index (χ0n) is 76.4. The highest BCUT2D eigenvalue weighted by atomic mass is 35.5. The number of rotatable bonds is 25. The van der Waals surface area contributed by atoms with E-state index in [0.717, 1.165) is 194 Å². The van der Waals surface area contributed by atoms with E-state index in [4.69, 9.17) is 77.1 Å². The third-order valence-corrected chi connectivity index (χ3v) is 24.2. The van der Waals surface area contributed by atoms with Crippen LogP contribution < -0.4 is 45.7 Å². The third-order valence-electron chi connectivity index (χ3n) is 23.3. The number of likely N-dealkylation sites (N-methyl/N-ethyl adjacent to an activating group) is 1. The van der Waals surface area contributed by atoms with E-state index >= 15 is 0 Å². The van der Waals surface area contributed by atoms with Crippen molar-refractivity contribution >= 4 is 110 Å². The first-order valence-corrected chi connectivity index (χ1v) is 46.3. The van der Waals surface area contributed by atoms with Gasteiger partial charge in [0.2, 0.25) is 0 Å². The number of hydrogen-bond acceptors (Lipinski definition) is 25. The van der Waals surface area contributed by atoms with Gasteiger partial charge >= 0.3 is 29.8 Å². The molecule has 11 aromatic rings. The van der Waals surface area contributed by atoms with Gasteiger partial charge in [0.25, 0.3) is 0 Å². The van der Waals surface area contributed by atoms with E-state index in [1.54, 1.807) is 37.9 Å². The van der Waals surface area contributed by atoms with Crippen LogP contribution in [0.2, 0.25) is 15.1 Å². The Balaban J connectivity index is 0.000000133. The van der Waals surface area contributed by atoms with Crippen LogP contribution in [0.25, 0.3) is 11.0 Å². The standard InChI is InChI=1S/C23H29ClN4O3.C20H23N3O4.C20H21N3O3.C19H22ClN3O2.C17H18ClN3O2/c1-6-8-16-19(22(29)30-7-2)18(15-11-25-27-21(15)26-16)14-9-13(24)10-17-20(14)31-23(3,4)12-28(17)5;1-3-5-14-18(20(24)25-4-2)17(13-11-21-23-19(13)22-14)12-6-7-15-16(10-12)27-9-8-26-15;1-3-7-14-18(20(24)25-4-2)17(13-11-21-23-19(13)22-14)16-10-12-8-5-6-9-15(12)26-16;1-3-5-10-15-17(19(24)25-4-2)16(12-8-6-7-9-14(12)20)13-11-21-23-18(13)22-15;1-3-13-15(17(22)23-4-2)14(10-7-5-6-8-12(10)18)11-9-19-21-16(11)20-13/h9-11,18H,6-8,12H2,1-5H3,(H2,25,26,27);6-7,10-11,17H,3-5,8-9H2,1-2H3,(H2,21,22,23);5-6,8-11,17H,3-4,7H2,1-2H3,(H2,21,22,23);6-9,11,16H,3-5,10H2,1-2H3,(H2,21,22,23);5-9,14H,3-4H2,1-2H3,(H2,19,20,21). The lowest BCUT2D eigenvalue weighted by molar-refractivity contribution is -0.139. The minimum atomic E-state index is -0.412. The maximum Gasteiger partial charge on any atom is 0.336 e. The molecule has 5 atom stereocenters. The van der Waals surface area contributed by atoms with E-state index < -0.39 is 11.5 Å². The van der Waals surface area contributed by atoms with Gasteiger partial charge in [0.15, 0.2) is 11.5 Å². The number of carbonyl (C=O) groups is 5. The number of nitrogens with zero attached hydrogens (tertiary/aromatic N) is 6. The number of unbranched alkanes of at least 4 members (excludes halogenated alkanes) is 1. The van der Waals surface area contributed by atoms with E-state index in [1.807, 2.05) is 151 Å². The summed E-state index contributed by atoms with van der Waals surface area (Å²) in [5, 5.41) is 55.2. The Bertz CT molecular complexity index is 6150. The van der Waals surface area contributed by atoms with Crippen LogP contribution in [0.4, 0.5) is 34.8 Å². The van der Waals surface area contributed by atoms with Crippen molar-refractivity contribution in [2.45, 2.75) is 182 Å². The van der Waals surface area contributed by atoms with Crippen LogP contribution in [0.1, 0.15) is 233 Å². The highest BCUT2D eigenvalue weighted by molar-refractivity contribution is 6.32. The minimum absolute atomic E-state index is 0.281. The molecule has 13 heterocycles. The van der Waals surface area contributed by atoms with Gasteiger partial charge in [-0.1, -0.05) is 156 Å². The van der Waals surface area contributed by atoms with Crippen molar-refractivity contribution in [1.29, 1.82) is 0 Å². The Morgan fingerprint density at radius 3 is 1.23 bits per heavy atom. The molecule has 0 spiro atoms. The van der Waals surface area contributed by atoms with Crippen molar-refractivity contribution in [3.8, 4) is 17.2 Å². The van der Waals surface area contributed by atoms with Crippen LogP contribution in [0.15, 0.2) is 201 Å². The van der Waals surface area contributed by atoms with Gasteiger partial charge in [0.1, 0.15) is 65.0 Å². The number of hydrogen-bond donors (Lipinski definition) is 10. The van der Waals surface area contributed by atoms with Crippen LogP contribution in [-0.2, 0) is 47.7 Å². The van der Waals surface area contributed by atoms with Crippen molar-refractivity contribution < 1.29 is 66.3 Å². The molecular weight excluding hydrogens is 1740 g/mol. The number of aromatic nitrogens is 10. The van der Waals surface area contributed by atoms with E-state index in [-0.39, 0.29) is 53.5 Å². The summed E-state index contributed by atoms with van der Waals surface area (Å²) in [7, 11) is 2.03. The Labute approximate surface area is 781 Å². The fourth-order valence-corrected chi connectivity index (χ4v) is 18.5. The highest BCUT2D eigenvalue weighted by Crippen LogP contribution is 2.54. The van der Waals surface area contributed by atoms with Gasteiger partial charge in [-0.2, -0.15) is 25.5 Å². The Morgan fingerprint density at radius 1 is 0.417 bits per heavy atom. The van der Waals surface area contributed by atoms with E-state index in [9.17, 15) is 24.0 Å². The first-order valence-electron chi connectivity index (χ1n) is 45.2. The van der Waals surface area contributed by atoms with E-state index in [2.05, 4.69) is 124 Å². The van der Waals surface area contributed by atoms with E-state index in [1.165, 1.54) is 0 Å². The fourth-order valence-electron chi connectivity index (χ4n) is 17.8. The predicted molar refractivity (Wildman–Crippen MR) is 509 cm³/mol. The average Bonchev–Trinajstić information content (AvgIpc) is 1.16. The number of carbonyl (C=O) groups excluding carboxylic acids is 5. The summed E-state index contributed by atoms with van der Waals surface area (Å²) in [6, 6.07) is 34.6. The van der Waals surface area contributed by atoms with Gasteiger partial charge in [-0.25, -0.2) is 24.0 Å². The molecule has 0 amide bonds. The molecule has 0 radical (unpaired) electrons. The van der Waals surface area contributed by atoms with Gasteiger partial charge in [-0.15, -0.1) is 0 Å². The van der Waals surface area contributed by atoms with Crippen LogP contribution in [0, 0.1) is 0 Å². The molecule has 694 valence electrons. The molecule has 0 saturated heterocycles. The normalized spacial score (nSPS) is 17.5. The van der Waals surface area contributed by atoms with Crippen LogP contribution in [-0.4, -0.2) is 146 Å². The number of furan rings is 1. The van der Waals surface area contributed by atoms with Crippen molar-refractivity contribution in [1.82, 2.24) is 51.0 Å². The summed E-state index contributed by atoms with van der Waals surface area (Å²) < 4.78 is 50.9. The molecule has 7 aliphatic rings. The van der Waals surface area contributed by atoms with Crippen molar-refractivity contribution in [3.05, 3.63) is 267 Å². The summed E-state index contributed by atoms with van der Waals surface area (Å²) in [4.78, 5) is 66.5. The topological polar surface area (TPSA) is 379 Å². The van der Waals surface area contributed by atoms with Crippen molar-refractivity contribution in [2.75, 3.05) is 91.3 Å². The monoisotopic (exact) mass is 1850 g/mol. The quantitative estimate of drug-likeness (QED) is 0.0188. The summed E-state index contributed by atoms with van der Waals surface area (Å²) >= 11 is 19.4. The molecule has 18 rings (SSSR count). The summed E-state index contributed by atoms with van der Waals surface area (Å²) in [5.74, 6) is 3.62. The van der Waals surface area contributed by atoms with Gasteiger partial charge in [-0.05, 0) is 152 Å². The zero-order valence-corrected chi connectivity index (χ0v) is 78.7. The number of para-hydroxylation sites is 1. The molecule has 10 N–H and O–H groups in total. The molecule has 5 unspecified atom stereocenters. The second-order valence-corrected chi connectivity index (χ2v) is 34.0. The summed E-state index contributed by atoms with van der Waals surface area (Å²) in [6.07, 6.45) is 17.0. The van der Waals surface area contributed by atoms with Crippen LogP contribution in [0.5, 0.6) is 17.2 Å². The Kier molecular flexibility index (Phi) is 31.1. The zero-order chi connectivity index (χ0) is 93.4. The maximum absolute atomic E-state index is 13.2. The average molecular weight is 1860 g/mol. The maximum atomic E-state index is 13.2. The number of nitrogens with one attached hydrogen (secondary N) is 10. The number of esters is 5. The lowest BCUT2D eigenvalue weighted by Gasteiger charge is -2.41. The van der Waals surface area contributed by atoms with E-state index in [0.29, 0.717) is 114 Å². The minimum Gasteiger partial charge on any atom is -0.486 e. The number of anilines is 6. The number of allylic oxidation sites excluding steroid dienone is 5. The first kappa shape index (κ1) is 94.9. The lowest BCUT2D eigenvalue weighted by Crippen LogP contribution is -2.45. The smallest absolute Gasteiger partial charge is 0.336 e. The second kappa shape index (κ2) is 43.2. The van der Waals surface area contributed by atoms with Crippen molar-refractivity contribution in [3.63, 3.8) is 0 Å². The molecule has 132 heavy (non-hydrogen) atoms. The SMILES string of the molecule is CCCC1=C(C(=O)OCC)C(c2cc(Cl)cc3c2OC(C)(C)CN3C)c2cn[nH]c2N1.CCCC1=C(C(=O)OCC)C(c2cc3ccccc3o2)c2cn[nH]c2N1.CCCC1=C(C(=O)OCC)C(c2ccc3c(c2)OCCO3)c2cn[nH]c2N1.CCCCC1=C(C(=O)OCC)C(c2ccccc2Cl)c2cn[nH]c2N1.CCOC(=O)C1=C(CC)Nc2[nH]ncc2C1c1ccccc1Cl. The second-order valence-electron chi connectivity index (χ2n) is 32.8. The summed E-state index contributed by atoms with van der Waals surface area (Å²) in [5.41, 5.74) is 16.6. The first-order chi connectivity index (χ1) is 64.0. The van der Waals surface area contributed by atoms with Gasteiger partial charge in [0.05, 0.1) is 116 Å². The van der Waals surface area contributed by atoms with Crippen molar-refractivity contribution in [2.24, 2.45) is 0 Å². The van der Waals surface area contributed by atoms with Gasteiger partial charge in [-0.3, -0.25) is 25.5 Å². The number of fused-ring (bicyclic) bond motifs is 8. The molecule has 0 aliphatic carbocycles. The van der Waals surface area contributed by atoms with Crippen LogP contribution in [0.3, 0.4) is 0 Å². The molecular formula is C99H113Cl3N16O14. The molecule has 33 heteroatoms. The summed E-state index contributed by atoms with van der Waals surface area (Å²) in [6.45, 7) is 26.9. The number of ether oxygens (including phenoxy) is 8. The molecule has 7 aliphatic heterocycles. The van der Waals surface area contributed by atoms with Crippen LogP contribution >= 0.6 is 34.8 Å². The lowest BCUT2D eigenvalue weighted by atomic mass is 9.81. The number of halogens is 3. The Morgan fingerprint density at radius 2 is 0.803 bits per heavy atom.